The molecule has 3 rings (SSSR count). The van der Waals surface area contributed by atoms with Crippen molar-refractivity contribution in [3.8, 4) is 5.75 Å². The molecule has 0 saturated heterocycles. The molecular formula is C19H18BrN3O. The Hall–Kier alpha value is -2.53. The fraction of sp³-hybridized carbons (Fsp3) is 0.105. The van der Waals surface area contributed by atoms with E-state index in [9.17, 15) is 0 Å². The van der Waals surface area contributed by atoms with Crippen LogP contribution in [0.5, 0.6) is 5.75 Å². The van der Waals surface area contributed by atoms with Crippen LogP contribution >= 0.6 is 15.9 Å². The summed E-state index contributed by atoms with van der Waals surface area (Å²) in [5, 5.41) is 0. The zero-order valence-electron chi connectivity index (χ0n) is 13.1. The van der Waals surface area contributed by atoms with Crippen molar-refractivity contribution in [2.45, 2.75) is 13.0 Å². The molecule has 0 aliphatic rings. The van der Waals surface area contributed by atoms with Crippen LogP contribution in [0.1, 0.15) is 16.7 Å². The summed E-state index contributed by atoms with van der Waals surface area (Å²) >= 11 is 3.51. The highest BCUT2D eigenvalue weighted by Crippen LogP contribution is 2.29. The van der Waals surface area contributed by atoms with E-state index in [4.69, 9.17) is 16.2 Å². The maximum absolute atomic E-state index is 6.04. The molecule has 0 radical (unpaired) electrons. The largest absolute Gasteiger partial charge is 0.489 e. The minimum Gasteiger partial charge on any atom is -0.489 e. The summed E-state index contributed by atoms with van der Waals surface area (Å²) in [5.41, 5.74) is 15.5. The van der Waals surface area contributed by atoms with Gasteiger partial charge in [0.25, 0.3) is 0 Å². The van der Waals surface area contributed by atoms with E-state index in [1.165, 1.54) is 0 Å². The molecule has 0 atom stereocenters. The molecule has 24 heavy (non-hydrogen) atoms. The summed E-state index contributed by atoms with van der Waals surface area (Å²) < 4.78 is 7.00. The molecule has 122 valence electrons. The van der Waals surface area contributed by atoms with Gasteiger partial charge in [0.1, 0.15) is 18.2 Å². The van der Waals surface area contributed by atoms with Gasteiger partial charge in [-0.3, -0.25) is 0 Å². The SMILES string of the molecule is Nc1nccc(Cc2cc(Br)ccc2OCc2ccccc2)c1N. The third-order valence-electron chi connectivity index (χ3n) is 3.75. The Labute approximate surface area is 149 Å². The highest BCUT2D eigenvalue weighted by Gasteiger charge is 2.10. The molecule has 0 aliphatic heterocycles. The standard InChI is InChI=1S/C19H18BrN3O/c20-16-6-7-17(24-12-13-4-2-1-3-5-13)15(11-16)10-14-8-9-23-19(22)18(14)21/h1-9,11H,10,12,21H2,(H2,22,23). The van der Waals surface area contributed by atoms with Gasteiger partial charge in [0.05, 0.1) is 5.69 Å². The Morgan fingerprint density at radius 1 is 0.958 bits per heavy atom. The molecule has 0 fully saturated rings. The van der Waals surface area contributed by atoms with E-state index in [1.54, 1.807) is 6.20 Å². The number of rotatable bonds is 5. The molecule has 3 aromatic rings. The molecule has 5 heteroatoms. The van der Waals surface area contributed by atoms with Gasteiger partial charge in [-0.2, -0.15) is 0 Å². The fourth-order valence-corrected chi connectivity index (χ4v) is 2.86. The number of ether oxygens (including phenoxy) is 1. The van der Waals surface area contributed by atoms with E-state index in [0.717, 1.165) is 26.9 Å². The van der Waals surface area contributed by atoms with E-state index in [0.29, 0.717) is 24.5 Å². The summed E-state index contributed by atoms with van der Waals surface area (Å²) in [5.74, 6) is 1.19. The Morgan fingerprint density at radius 2 is 1.75 bits per heavy atom. The van der Waals surface area contributed by atoms with Crippen LogP contribution in [-0.2, 0) is 13.0 Å². The molecule has 0 amide bonds. The molecule has 4 nitrogen and oxygen atoms in total. The molecule has 1 aromatic heterocycles. The van der Waals surface area contributed by atoms with Crippen LogP contribution in [0.15, 0.2) is 65.3 Å². The van der Waals surface area contributed by atoms with Crippen molar-refractivity contribution in [3.63, 3.8) is 0 Å². The van der Waals surface area contributed by atoms with Crippen molar-refractivity contribution in [3.05, 3.63) is 82.0 Å². The van der Waals surface area contributed by atoms with Gasteiger partial charge in [-0.1, -0.05) is 46.3 Å². The second-order valence-corrected chi connectivity index (χ2v) is 6.39. The zero-order chi connectivity index (χ0) is 16.9. The molecule has 4 N–H and O–H groups in total. The van der Waals surface area contributed by atoms with Crippen molar-refractivity contribution in [2.24, 2.45) is 0 Å². The molecule has 0 aliphatic carbocycles. The number of hydrogen-bond acceptors (Lipinski definition) is 4. The number of anilines is 2. The van der Waals surface area contributed by atoms with Crippen LogP contribution in [0.3, 0.4) is 0 Å². The topological polar surface area (TPSA) is 74.2 Å². The summed E-state index contributed by atoms with van der Waals surface area (Å²) in [7, 11) is 0. The van der Waals surface area contributed by atoms with E-state index in [-0.39, 0.29) is 0 Å². The Kier molecular flexibility index (Phi) is 5.01. The van der Waals surface area contributed by atoms with Gasteiger partial charge in [-0.05, 0) is 41.0 Å². The van der Waals surface area contributed by atoms with Gasteiger partial charge in [0.2, 0.25) is 0 Å². The lowest BCUT2D eigenvalue weighted by molar-refractivity contribution is 0.303. The first-order valence-corrected chi connectivity index (χ1v) is 8.37. The summed E-state index contributed by atoms with van der Waals surface area (Å²) in [6, 6.07) is 17.9. The van der Waals surface area contributed by atoms with Gasteiger partial charge in [-0.15, -0.1) is 0 Å². The number of hydrogen-bond donors (Lipinski definition) is 2. The minimum atomic E-state index is 0.356. The number of pyridine rings is 1. The average Bonchev–Trinajstić information content (AvgIpc) is 2.59. The van der Waals surface area contributed by atoms with Gasteiger partial charge < -0.3 is 16.2 Å². The Morgan fingerprint density at radius 3 is 2.54 bits per heavy atom. The second-order valence-electron chi connectivity index (χ2n) is 5.47. The Bertz CT molecular complexity index is 837. The third-order valence-corrected chi connectivity index (χ3v) is 4.25. The quantitative estimate of drug-likeness (QED) is 0.692. The van der Waals surface area contributed by atoms with Crippen LogP contribution < -0.4 is 16.2 Å². The molecule has 0 bridgehead atoms. The lowest BCUT2D eigenvalue weighted by Crippen LogP contribution is -2.04. The van der Waals surface area contributed by atoms with Crippen molar-refractivity contribution in [1.29, 1.82) is 0 Å². The van der Waals surface area contributed by atoms with Gasteiger partial charge >= 0.3 is 0 Å². The highest BCUT2D eigenvalue weighted by atomic mass is 79.9. The molecule has 0 saturated carbocycles. The second kappa shape index (κ2) is 7.36. The number of nitrogens with two attached hydrogens (primary N) is 2. The molecular weight excluding hydrogens is 366 g/mol. The molecule has 2 aromatic carbocycles. The molecule has 0 spiro atoms. The predicted octanol–water partition coefficient (Wildman–Crippen LogP) is 4.18. The number of halogens is 1. The zero-order valence-corrected chi connectivity index (χ0v) is 14.7. The first-order valence-electron chi connectivity index (χ1n) is 7.57. The van der Waals surface area contributed by atoms with Gasteiger partial charge in [-0.25, -0.2) is 4.98 Å². The number of aromatic nitrogens is 1. The highest BCUT2D eigenvalue weighted by molar-refractivity contribution is 9.10. The van der Waals surface area contributed by atoms with E-state index < -0.39 is 0 Å². The van der Waals surface area contributed by atoms with Crippen LogP contribution in [0.4, 0.5) is 11.5 Å². The van der Waals surface area contributed by atoms with Crippen LogP contribution in [-0.4, -0.2) is 4.98 Å². The van der Waals surface area contributed by atoms with E-state index in [1.807, 2.05) is 54.6 Å². The van der Waals surface area contributed by atoms with E-state index in [2.05, 4.69) is 20.9 Å². The third kappa shape index (κ3) is 3.86. The maximum Gasteiger partial charge on any atom is 0.146 e. The van der Waals surface area contributed by atoms with Crippen LogP contribution in [0.25, 0.3) is 0 Å². The smallest absolute Gasteiger partial charge is 0.146 e. The van der Waals surface area contributed by atoms with Gasteiger partial charge in [0, 0.05) is 17.1 Å². The lowest BCUT2D eigenvalue weighted by Gasteiger charge is -2.14. The average molecular weight is 384 g/mol. The first kappa shape index (κ1) is 16.3. The van der Waals surface area contributed by atoms with Crippen molar-refractivity contribution in [1.82, 2.24) is 4.98 Å². The molecule has 0 unspecified atom stereocenters. The maximum atomic E-state index is 6.04. The first-order chi connectivity index (χ1) is 11.6. The lowest BCUT2D eigenvalue weighted by atomic mass is 10.0. The number of benzene rings is 2. The van der Waals surface area contributed by atoms with Gasteiger partial charge in [0.15, 0.2) is 0 Å². The van der Waals surface area contributed by atoms with Crippen LogP contribution in [0, 0.1) is 0 Å². The predicted molar refractivity (Wildman–Crippen MR) is 101 cm³/mol. The fourth-order valence-electron chi connectivity index (χ4n) is 2.45. The normalized spacial score (nSPS) is 10.5. The summed E-state index contributed by atoms with van der Waals surface area (Å²) in [4.78, 5) is 4.01. The molecule has 1 heterocycles. The number of nitrogen functional groups attached to an aromatic ring is 2. The Balaban J connectivity index is 1.84. The minimum absolute atomic E-state index is 0.356. The summed E-state index contributed by atoms with van der Waals surface area (Å²) in [6.45, 7) is 0.517. The summed E-state index contributed by atoms with van der Waals surface area (Å²) in [6.07, 6.45) is 2.30. The van der Waals surface area contributed by atoms with Crippen LogP contribution in [0.2, 0.25) is 0 Å². The van der Waals surface area contributed by atoms with Crippen molar-refractivity contribution >= 4 is 27.4 Å². The number of nitrogens with zero attached hydrogens (tertiary/aromatic N) is 1. The monoisotopic (exact) mass is 383 g/mol. The van der Waals surface area contributed by atoms with Crippen molar-refractivity contribution in [2.75, 3.05) is 11.5 Å². The van der Waals surface area contributed by atoms with Crippen molar-refractivity contribution < 1.29 is 4.74 Å². The van der Waals surface area contributed by atoms with E-state index >= 15 is 0 Å².